The Kier molecular flexibility index (Phi) is 11.7. The van der Waals surface area contributed by atoms with Crippen molar-refractivity contribution in [2.45, 2.75) is 70.2 Å². The highest BCUT2D eigenvalue weighted by atomic mass is 16.4. The first kappa shape index (κ1) is 23.3. The maximum absolute atomic E-state index is 10.4. The lowest BCUT2D eigenvalue weighted by Gasteiger charge is -2.19. The Labute approximate surface area is 162 Å². The zero-order valence-corrected chi connectivity index (χ0v) is 16.2. The lowest BCUT2D eigenvalue weighted by atomic mass is 9.89. The van der Waals surface area contributed by atoms with Crippen LogP contribution in [0.1, 0.15) is 51.9 Å². The van der Waals surface area contributed by atoms with Gasteiger partial charge in [0.15, 0.2) is 0 Å². The Morgan fingerprint density at radius 2 is 1.81 bits per heavy atom. The van der Waals surface area contributed by atoms with Crippen LogP contribution in [0.3, 0.4) is 0 Å². The SMILES string of the molecule is CC/C=C\C[C@H]1[C@H](/C=C/[C@H](O)C/C=C\C/C=C\CCC(=O)O)[C@@H](O)C[C@H]1O. The number of rotatable bonds is 12. The molecular formula is C22H34O5. The van der Waals surface area contributed by atoms with E-state index >= 15 is 0 Å². The summed E-state index contributed by atoms with van der Waals surface area (Å²) >= 11 is 0. The molecular weight excluding hydrogens is 344 g/mol. The van der Waals surface area contributed by atoms with Crippen LogP contribution in [-0.2, 0) is 4.79 Å². The minimum Gasteiger partial charge on any atom is -0.481 e. The van der Waals surface area contributed by atoms with Crippen molar-refractivity contribution in [3.8, 4) is 0 Å². The van der Waals surface area contributed by atoms with Gasteiger partial charge in [0, 0.05) is 18.8 Å². The Bertz CT molecular complexity index is 535. The smallest absolute Gasteiger partial charge is 0.303 e. The first-order valence-electron chi connectivity index (χ1n) is 9.85. The highest BCUT2D eigenvalue weighted by Gasteiger charge is 2.39. The van der Waals surface area contributed by atoms with E-state index in [2.05, 4.69) is 19.1 Å². The van der Waals surface area contributed by atoms with Gasteiger partial charge in [0.05, 0.1) is 18.3 Å². The molecule has 1 fully saturated rings. The molecule has 152 valence electrons. The standard InChI is InChI=1S/C22H34O5/c1-2-3-8-12-18-19(21(25)16-20(18)24)15-14-17(23)11-9-6-4-5-7-10-13-22(26)27/h3,5-9,14-15,17-21,23-25H,2,4,10-13,16H2,1H3,(H,26,27)/b7-5-,8-3-,9-6-,15-14+/t17-,18+,19+,20-,21+/m1/s1. The summed E-state index contributed by atoms with van der Waals surface area (Å²) in [5, 5.41) is 38.9. The van der Waals surface area contributed by atoms with Crippen molar-refractivity contribution >= 4 is 5.97 Å². The number of hydrogen-bond acceptors (Lipinski definition) is 4. The molecule has 0 aromatic carbocycles. The molecule has 1 aliphatic rings. The lowest BCUT2D eigenvalue weighted by Crippen LogP contribution is -2.20. The van der Waals surface area contributed by atoms with Gasteiger partial charge < -0.3 is 20.4 Å². The van der Waals surface area contributed by atoms with E-state index in [1.54, 1.807) is 6.08 Å². The molecule has 0 spiro atoms. The van der Waals surface area contributed by atoms with Crippen molar-refractivity contribution in [2.24, 2.45) is 11.8 Å². The van der Waals surface area contributed by atoms with E-state index in [0.29, 0.717) is 25.7 Å². The van der Waals surface area contributed by atoms with Crippen LogP contribution in [0.5, 0.6) is 0 Å². The van der Waals surface area contributed by atoms with Gasteiger partial charge in [0.1, 0.15) is 0 Å². The second-order valence-electron chi connectivity index (χ2n) is 7.03. The van der Waals surface area contributed by atoms with Crippen LogP contribution in [0, 0.1) is 11.8 Å². The summed E-state index contributed by atoms with van der Waals surface area (Å²) in [5.41, 5.74) is 0. The normalized spacial score (nSPS) is 27.6. The third-order valence-corrected chi connectivity index (χ3v) is 4.79. The lowest BCUT2D eigenvalue weighted by molar-refractivity contribution is -0.136. The van der Waals surface area contributed by atoms with Gasteiger partial charge in [-0.1, -0.05) is 55.5 Å². The Morgan fingerprint density at radius 3 is 2.52 bits per heavy atom. The van der Waals surface area contributed by atoms with Gasteiger partial charge in [-0.2, -0.15) is 0 Å². The van der Waals surface area contributed by atoms with Crippen LogP contribution in [0.15, 0.2) is 48.6 Å². The third-order valence-electron chi connectivity index (χ3n) is 4.79. The first-order valence-corrected chi connectivity index (χ1v) is 9.85. The topological polar surface area (TPSA) is 98.0 Å². The zero-order valence-electron chi connectivity index (χ0n) is 16.2. The number of aliphatic hydroxyl groups is 3. The molecule has 27 heavy (non-hydrogen) atoms. The molecule has 0 bridgehead atoms. The summed E-state index contributed by atoms with van der Waals surface area (Å²) in [7, 11) is 0. The van der Waals surface area contributed by atoms with Gasteiger partial charge in [-0.05, 0) is 38.0 Å². The fourth-order valence-electron chi connectivity index (χ4n) is 3.29. The molecule has 0 aliphatic heterocycles. The molecule has 5 heteroatoms. The molecule has 5 nitrogen and oxygen atoms in total. The average molecular weight is 379 g/mol. The van der Waals surface area contributed by atoms with Gasteiger partial charge >= 0.3 is 5.97 Å². The number of allylic oxidation sites excluding steroid dienone is 5. The number of carboxylic acid groups (broad SMARTS) is 1. The second kappa shape index (κ2) is 13.5. The van der Waals surface area contributed by atoms with Crippen molar-refractivity contribution in [3.05, 3.63) is 48.6 Å². The van der Waals surface area contributed by atoms with E-state index < -0.39 is 24.3 Å². The molecule has 0 unspecified atom stereocenters. The maximum atomic E-state index is 10.4. The van der Waals surface area contributed by atoms with Gasteiger partial charge in [-0.3, -0.25) is 4.79 Å². The number of hydrogen-bond donors (Lipinski definition) is 4. The molecule has 1 rings (SSSR count). The molecule has 0 aromatic rings. The summed E-state index contributed by atoms with van der Waals surface area (Å²) in [5.74, 6) is -0.955. The molecule has 0 heterocycles. The van der Waals surface area contributed by atoms with Crippen molar-refractivity contribution in [1.29, 1.82) is 0 Å². The van der Waals surface area contributed by atoms with E-state index in [4.69, 9.17) is 5.11 Å². The van der Waals surface area contributed by atoms with Crippen molar-refractivity contribution in [1.82, 2.24) is 0 Å². The Morgan fingerprint density at radius 1 is 1.07 bits per heavy atom. The predicted octanol–water partition coefficient (Wildman–Crippen LogP) is 3.38. The quantitative estimate of drug-likeness (QED) is 0.390. The number of carboxylic acids is 1. The Hall–Kier alpha value is -1.69. The summed E-state index contributed by atoms with van der Waals surface area (Å²) in [6.45, 7) is 2.06. The van der Waals surface area contributed by atoms with Gasteiger partial charge in [-0.15, -0.1) is 0 Å². The van der Waals surface area contributed by atoms with E-state index in [1.807, 2.05) is 30.4 Å². The minimum absolute atomic E-state index is 0.0160. The van der Waals surface area contributed by atoms with Crippen LogP contribution >= 0.6 is 0 Å². The van der Waals surface area contributed by atoms with Gasteiger partial charge in [-0.25, -0.2) is 0 Å². The molecule has 0 amide bonds. The largest absolute Gasteiger partial charge is 0.481 e. The predicted molar refractivity (Wildman–Crippen MR) is 107 cm³/mol. The van der Waals surface area contributed by atoms with Crippen LogP contribution in [0.2, 0.25) is 0 Å². The van der Waals surface area contributed by atoms with Crippen LogP contribution in [-0.4, -0.2) is 44.7 Å². The number of aliphatic hydroxyl groups excluding tert-OH is 3. The maximum Gasteiger partial charge on any atom is 0.303 e. The van der Waals surface area contributed by atoms with Crippen LogP contribution in [0.25, 0.3) is 0 Å². The molecule has 0 radical (unpaired) electrons. The van der Waals surface area contributed by atoms with Gasteiger partial charge in [0.25, 0.3) is 0 Å². The molecule has 1 saturated carbocycles. The highest BCUT2D eigenvalue weighted by molar-refractivity contribution is 5.66. The summed E-state index contributed by atoms with van der Waals surface area (Å²) in [4.78, 5) is 10.4. The summed E-state index contributed by atoms with van der Waals surface area (Å²) in [6.07, 6.45) is 17.4. The summed E-state index contributed by atoms with van der Waals surface area (Å²) in [6, 6.07) is 0. The van der Waals surface area contributed by atoms with E-state index in [9.17, 15) is 20.1 Å². The van der Waals surface area contributed by atoms with Crippen LogP contribution < -0.4 is 0 Å². The van der Waals surface area contributed by atoms with Crippen molar-refractivity contribution < 1.29 is 25.2 Å². The van der Waals surface area contributed by atoms with Crippen molar-refractivity contribution in [2.75, 3.05) is 0 Å². The fourth-order valence-corrected chi connectivity index (χ4v) is 3.29. The summed E-state index contributed by atoms with van der Waals surface area (Å²) < 4.78 is 0. The average Bonchev–Trinajstić information content (AvgIpc) is 2.88. The van der Waals surface area contributed by atoms with Crippen LogP contribution in [0.4, 0.5) is 0 Å². The zero-order chi connectivity index (χ0) is 20.1. The minimum atomic E-state index is -0.798. The Balaban J connectivity index is 2.39. The number of aliphatic carboxylic acids is 1. The third kappa shape index (κ3) is 9.70. The van der Waals surface area contributed by atoms with Crippen molar-refractivity contribution in [3.63, 3.8) is 0 Å². The van der Waals surface area contributed by atoms with E-state index in [-0.39, 0.29) is 18.3 Å². The fraction of sp³-hybridized carbons (Fsp3) is 0.591. The molecule has 0 saturated heterocycles. The molecule has 5 atom stereocenters. The monoisotopic (exact) mass is 378 g/mol. The van der Waals surface area contributed by atoms with Gasteiger partial charge in [0.2, 0.25) is 0 Å². The second-order valence-corrected chi connectivity index (χ2v) is 7.03. The molecule has 4 N–H and O–H groups in total. The van der Waals surface area contributed by atoms with E-state index in [1.165, 1.54) is 0 Å². The first-order chi connectivity index (χ1) is 13.0. The molecule has 1 aliphatic carbocycles. The number of carbonyl (C=O) groups is 1. The van der Waals surface area contributed by atoms with E-state index in [0.717, 1.165) is 12.8 Å². The molecule has 0 aromatic heterocycles. The highest BCUT2D eigenvalue weighted by Crippen LogP contribution is 2.36.